The van der Waals surface area contributed by atoms with Crippen LogP contribution >= 0.6 is 0 Å². The Bertz CT molecular complexity index is 877. The maximum Gasteiger partial charge on any atom is 0.508 e. The van der Waals surface area contributed by atoms with Gasteiger partial charge in [-0.3, -0.25) is 9.59 Å². The molecule has 0 aromatic rings. The van der Waals surface area contributed by atoms with Gasteiger partial charge in [0.1, 0.15) is 0 Å². The van der Waals surface area contributed by atoms with Gasteiger partial charge in [-0.2, -0.15) is 0 Å². The molecule has 1 fully saturated rings. The first-order valence-corrected chi connectivity index (χ1v) is 15.2. The summed E-state index contributed by atoms with van der Waals surface area (Å²) in [6.45, 7) is 10.8. The van der Waals surface area contributed by atoms with Crippen LogP contribution in [0, 0.1) is 10.8 Å². The Morgan fingerprint density at radius 3 is 1.58 bits per heavy atom. The molecule has 0 aromatic heterocycles. The molecule has 1 N–H and O–H groups in total. The van der Waals surface area contributed by atoms with Crippen LogP contribution in [-0.4, -0.2) is 82.6 Å². The molecule has 0 aromatic carbocycles. The Labute approximate surface area is 254 Å². The second-order valence-corrected chi connectivity index (χ2v) is 11.8. The molecule has 1 saturated carbocycles. The fraction of sp³-hybridized carbons (Fsp3) is 0.833. The van der Waals surface area contributed by atoms with Gasteiger partial charge < -0.3 is 38.5 Å². The first-order valence-electron chi connectivity index (χ1n) is 15.2. The summed E-state index contributed by atoms with van der Waals surface area (Å²) in [7, 11) is 0. The van der Waals surface area contributed by atoms with Crippen molar-refractivity contribution in [1.82, 2.24) is 5.32 Å². The van der Waals surface area contributed by atoms with Gasteiger partial charge in [0.25, 0.3) is 0 Å². The number of carbonyl (C=O) groups excluding carboxylic acids is 5. The number of carbonyl (C=O) groups is 5. The molecule has 0 saturated heterocycles. The zero-order chi connectivity index (χ0) is 32.1. The number of nitrogens with one attached hydrogen (secondary N) is 1. The summed E-state index contributed by atoms with van der Waals surface area (Å²) in [5, 5.41) is 2.95. The number of rotatable bonds is 19. The van der Waals surface area contributed by atoms with Crippen LogP contribution < -0.4 is 5.32 Å². The van der Waals surface area contributed by atoms with Crippen molar-refractivity contribution in [2.24, 2.45) is 10.8 Å². The smallest absolute Gasteiger partial charge is 0.466 e. The van der Waals surface area contributed by atoms with Crippen LogP contribution in [0.3, 0.4) is 0 Å². The maximum atomic E-state index is 12.3. The highest BCUT2D eigenvalue weighted by molar-refractivity contribution is 5.69. The summed E-state index contributed by atoms with van der Waals surface area (Å²) in [5.41, 5.74) is -0.117. The van der Waals surface area contributed by atoms with Crippen LogP contribution in [0.5, 0.6) is 0 Å². The topological polar surface area (TPSA) is 162 Å². The lowest BCUT2D eigenvalue weighted by molar-refractivity contribution is -0.145. The fourth-order valence-electron chi connectivity index (χ4n) is 5.27. The van der Waals surface area contributed by atoms with Crippen molar-refractivity contribution in [3.05, 3.63) is 0 Å². The van der Waals surface area contributed by atoms with E-state index < -0.39 is 18.4 Å². The van der Waals surface area contributed by atoms with E-state index in [0.29, 0.717) is 38.7 Å². The SMILES string of the molecule is CCCC(=O)OCCCOC(=O)OCCCOC(=O)OCCCOC(=O)CCC1(C)CC(NC(=O)OCC)CC(C)(C)C1. The molecular weight excluding hydrogens is 566 g/mol. The van der Waals surface area contributed by atoms with Crippen LogP contribution in [0.25, 0.3) is 0 Å². The highest BCUT2D eigenvalue weighted by Gasteiger charge is 2.42. The normalized spacial score (nSPS) is 19.0. The van der Waals surface area contributed by atoms with Gasteiger partial charge in [0.2, 0.25) is 0 Å². The van der Waals surface area contributed by atoms with Crippen LogP contribution in [-0.2, 0) is 42.7 Å². The number of alkyl carbamates (subject to hydrolysis) is 1. The minimum Gasteiger partial charge on any atom is -0.466 e. The van der Waals surface area contributed by atoms with Crippen molar-refractivity contribution < 1.29 is 57.1 Å². The van der Waals surface area contributed by atoms with E-state index >= 15 is 0 Å². The molecule has 2 unspecified atom stereocenters. The Balaban J connectivity index is 2.09. The molecule has 248 valence electrons. The molecule has 1 aliphatic rings. The van der Waals surface area contributed by atoms with Gasteiger partial charge >= 0.3 is 30.3 Å². The van der Waals surface area contributed by atoms with Gasteiger partial charge in [0.05, 0.1) is 46.2 Å². The van der Waals surface area contributed by atoms with Crippen LogP contribution in [0.1, 0.15) is 98.8 Å². The van der Waals surface area contributed by atoms with Crippen molar-refractivity contribution in [1.29, 1.82) is 0 Å². The van der Waals surface area contributed by atoms with E-state index in [-0.39, 0.29) is 81.3 Å². The second kappa shape index (κ2) is 20.6. The monoisotopic (exact) mass is 617 g/mol. The van der Waals surface area contributed by atoms with Crippen molar-refractivity contribution in [2.75, 3.05) is 46.2 Å². The van der Waals surface area contributed by atoms with E-state index in [0.717, 1.165) is 19.3 Å². The Hall–Kier alpha value is -3.25. The van der Waals surface area contributed by atoms with Crippen LogP contribution in [0.4, 0.5) is 14.4 Å². The standard InChI is InChI=1S/C30H51NO12/c1-6-11-24(32)38-14-8-16-40-27(35)42-18-10-19-43-28(36)41-17-9-15-39-25(33)12-13-30(5)21-23(20-29(3,4)22-30)31-26(34)37-7-2/h23H,6-22H2,1-5H3,(H,31,34). The number of hydrogen-bond acceptors (Lipinski definition) is 12. The number of ether oxygens (including phenoxy) is 7. The summed E-state index contributed by atoms with van der Waals surface area (Å²) in [5.74, 6) is -0.606. The van der Waals surface area contributed by atoms with Crippen LogP contribution in [0.15, 0.2) is 0 Å². The fourth-order valence-corrected chi connectivity index (χ4v) is 5.27. The molecule has 0 spiro atoms. The molecule has 1 amide bonds. The summed E-state index contributed by atoms with van der Waals surface area (Å²) in [4.78, 5) is 58.6. The molecule has 0 radical (unpaired) electrons. The molecule has 0 bridgehead atoms. The second-order valence-electron chi connectivity index (χ2n) is 11.8. The summed E-state index contributed by atoms with van der Waals surface area (Å²) >= 11 is 0. The van der Waals surface area contributed by atoms with Crippen molar-refractivity contribution in [3.8, 4) is 0 Å². The third kappa shape index (κ3) is 18.8. The largest absolute Gasteiger partial charge is 0.508 e. The molecule has 13 heteroatoms. The lowest BCUT2D eigenvalue weighted by atomic mass is 9.61. The summed E-state index contributed by atoms with van der Waals surface area (Å²) in [6.07, 6.45) is 3.30. The van der Waals surface area contributed by atoms with Crippen LogP contribution in [0.2, 0.25) is 0 Å². The summed E-state index contributed by atoms with van der Waals surface area (Å²) < 4.78 is 34.8. The van der Waals surface area contributed by atoms with E-state index in [1.165, 1.54) is 0 Å². The summed E-state index contributed by atoms with van der Waals surface area (Å²) in [6, 6.07) is -0.0183. The molecule has 1 aliphatic carbocycles. The van der Waals surface area contributed by atoms with Gasteiger partial charge in [-0.1, -0.05) is 27.7 Å². The van der Waals surface area contributed by atoms with Gasteiger partial charge in [-0.15, -0.1) is 0 Å². The quantitative estimate of drug-likeness (QED) is 0.111. The predicted octanol–water partition coefficient (Wildman–Crippen LogP) is 5.46. The number of esters is 2. The first kappa shape index (κ1) is 37.8. The molecule has 2 atom stereocenters. The minimum atomic E-state index is -0.870. The molecule has 43 heavy (non-hydrogen) atoms. The van der Waals surface area contributed by atoms with Gasteiger partial charge in [0, 0.05) is 38.1 Å². The number of hydrogen-bond donors (Lipinski definition) is 1. The average molecular weight is 618 g/mol. The van der Waals surface area contributed by atoms with Gasteiger partial charge in [-0.25, -0.2) is 14.4 Å². The van der Waals surface area contributed by atoms with E-state index in [1.54, 1.807) is 6.92 Å². The van der Waals surface area contributed by atoms with E-state index in [9.17, 15) is 24.0 Å². The van der Waals surface area contributed by atoms with Crippen molar-refractivity contribution in [3.63, 3.8) is 0 Å². The third-order valence-electron chi connectivity index (χ3n) is 6.70. The molecular formula is C30H51NO12. The van der Waals surface area contributed by atoms with Crippen molar-refractivity contribution in [2.45, 2.75) is 105 Å². The lowest BCUT2D eigenvalue weighted by Gasteiger charge is -2.46. The molecule has 0 heterocycles. The lowest BCUT2D eigenvalue weighted by Crippen LogP contribution is -2.47. The average Bonchev–Trinajstić information content (AvgIpc) is 2.90. The van der Waals surface area contributed by atoms with Gasteiger partial charge in [-0.05, 0) is 49.9 Å². The maximum absolute atomic E-state index is 12.3. The highest BCUT2D eigenvalue weighted by Crippen LogP contribution is 2.48. The Morgan fingerprint density at radius 2 is 1.12 bits per heavy atom. The van der Waals surface area contributed by atoms with Crippen molar-refractivity contribution >= 4 is 30.3 Å². The molecule has 0 aliphatic heterocycles. The molecule has 13 nitrogen and oxygen atoms in total. The van der Waals surface area contributed by atoms with E-state index in [2.05, 4.69) is 26.1 Å². The Morgan fingerprint density at radius 1 is 0.651 bits per heavy atom. The number of amides is 1. The third-order valence-corrected chi connectivity index (χ3v) is 6.70. The van der Waals surface area contributed by atoms with E-state index in [1.807, 2.05) is 6.92 Å². The predicted molar refractivity (Wildman–Crippen MR) is 154 cm³/mol. The zero-order valence-corrected chi connectivity index (χ0v) is 26.5. The Kier molecular flexibility index (Phi) is 18.1. The zero-order valence-electron chi connectivity index (χ0n) is 26.5. The highest BCUT2D eigenvalue weighted by atomic mass is 16.7. The molecule has 1 rings (SSSR count). The van der Waals surface area contributed by atoms with E-state index in [4.69, 9.17) is 33.2 Å². The minimum absolute atomic E-state index is 0.00728. The van der Waals surface area contributed by atoms with Gasteiger partial charge in [0.15, 0.2) is 0 Å². The first-order chi connectivity index (χ1) is 20.4.